The molecule has 0 saturated carbocycles. The van der Waals surface area contributed by atoms with Gasteiger partial charge in [-0.1, -0.05) is 42.5 Å². The molecule has 1 aliphatic heterocycles. The summed E-state index contributed by atoms with van der Waals surface area (Å²) in [6.07, 6.45) is 6.44. The number of imidazole rings is 1. The van der Waals surface area contributed by atoms with Crippen molar-refractivity contribution in [1.82, 2.24) is 14.9 Å². The zero-order chi connectivity index (χ0) is 19.3. The molecule has 0 unspecified atom stereocenters. The van der Waals surface area contributed by atoms with Crippen molar-refractivity contribution in [2.45, 2.75) is 44.7 Å². The molecule has 2 heterocycles. The van der Waals surface area contributed by atoms with Crippen LogP contribution in [0.4, 0.5) is 0 Å². The average Bonchev–Trinajstić information content (AvgIpc) is 3.14. The van der Waals surface area contributed by atoms with Crippen LogP contribution in [0.25, 0.3) is 0 Å². The Hall–Kier alpha value is -2.90. The quantitative estimate of drug-likeness (QED) is 0.639. The molecule has 4 heteroatoms. The molecule has 142 valence electrons. The number of nitriles is 1. The van der Waals surface area contributed by atoms with Crippen molar-refractivity contribution in [3.8, 4) is 6.07 Å². The summed E-state index contributed by atoms with van der Waals surface area (Å²) in [7, 11) is 0. The highest BCUT2D eigenvalue weighted by Gasteiger charge is 2.29. The lowest BCUT2D eigenvalue weighted by Crippen LogP contribution is -2.31. The second-order valence-electron chi connectivity index (χ2n) is 7.52. The Morgan fingerprint density at radius 2 is 1.89 bits per heavy atom. The molecule has 1 N–H and O–H groups in total. The summed E-state index contributed by atoms with van der Waals surface area (Å²) in [4.78, 5) is 4.60. The molecule has 1 aromatic heterocycles. The van der Waals surface area contributed by atoms with Crippen molar-refractivity contribution in [3.05, 3.63) is 89.0 Å². The van der Waals surface area contributed by atoms with E-state index in [1.165, 1.54) is 16.8 Å². The zero-order valence-electron chi connectivity index (χ0n) is 16.3. The molecule has 3 aromatic rings. The Kier molecular flexibility index (Phi) is 5.55. The Labute approximate surface area is 166 Å². The molecule has 0 spiro atoms. The first-order valence-electron chi connectivity index (χ1n) is 10.1. The fourth-order valence-electron chi connectivity index (χ4n) is 4.25. The Morgan fingerprint density at radius 1 is 1.11 bits per heavy atom. The van der Waals surface area contributed by atoms with E-state index in [4.69, 9.17) is 5.26 Å². The van der Waals surface area contributed by atoms with Crippen LogP contribution in [0.1, 0.15) is 59.6 Å². The highest BCUT2D eigenvalue weighted by Crippen LogP contribution is 2.37. The first kappa shape index (κ1) is 18.5. The van der Waals surface area contributed by atoms with Gasteiger partial charge in [-0.2, -0.15) is 5.26 Å². The Balaban J connectivity index is 1.43. The predicted molar refractivity (Wildman–Crippen MR) is 111 cm³/mol. The molecule has 0 radical (unpaired) electrons. The standard InChI is InChI=1S/C24H26N4/c1-18-27-17-24-22(26-15-5-8-19-6-3-2-4-7-19)13-14-23(28(18)24)21-11-9-20(16-25)10-12-21/h2-4,6-7,9-12,17,22-23,26H,5,8,13-15H2,1H3/t22-,23+/m0/s1. The van der Waals surface area contributed by atoms with E-state index in [-0.39, 0.29) is 0 Å². The summed E-state index contributed by atoms with van der Waals surface area (Å²) in [6.45, 7) is 3.09. The van der Waals surface area contributed by atoms with Crippen LogP contribution in [-0.4, -0.2) is 16.1 Å². The summed E-state index contributed by atoms with van der Waals surface area (Å²) in [5.74, 6) is 1.06. The van der Waals surface area contributed by atoms with Gasteiger partial charge in [-0.3, -0.25) is 0 Å². The van der Waals surface area contributed by atoms with Crippen molar-refractivity contribution < 1.29 is 0 Å². The normalized spacial score (nSPS) is 18.4. The van der Waals surface area contributed by atoms with E-state index in [1.807, 2.05) is 18.3 Å². The maximum Gasteiger partial charge on any atom is 0.106 e. The molecule has 1 aliphatic rings. The fraction of sp³-hybridized carbons (Fsp3) is 0.333. The lowest BCUT2D eigenvalue weighted by Gasteiger charge is -2.33. The number of aryl methyl sites for hydroxylation is 2. The summed E-state index contributed by atoms with van der Waals surface area (Å²) in [6, 6.07) is 21.5. The van der Waals surface area contributed by atoms with Gasteiger partial charge in [0.05, 0.1) is 29.6 Å². The third-order valence-corrected chi connectivity index (χ3v) is 5.71. The van der Waals surface area contributed by atoms with Gasteiger partial charge in [0.2, 0.25) is 0 Å². The molecule has 0 aliphatic carbocycles. The van der Waals surface area contributed by atoms with E-state index in [9.17, 15) is 0 Å². The van der Waals surface area contributed by atoms with E-state index in [2.05, 4.69) is 70.3 Å². The molecule has 4 rings (SSSR count). The van der Waals surface area contributed by atoms with E-state index >= 15 is 0 Å². The number of benzene rings is 2. The Bertz CT molecular complexity index is 951. The van der Waals surface area contributed by atoms with Gasteiger partial charge in [0.15, 0.2) is 0 Å². The average molecular weight is 371 g/mol. The highest BCUT2D eigenvalue weighted by molar-refractivity contribution is 5.34. The minimum Gasteiger partial charge on any atom is -0.323 e. The van der Waals surface area contributed by atoms with Crippen LogP contribution < -0.4 is 5.32 Å². The number of hydrogen-bond donors (Lipinski definition) is 1. The van der Waals surface area contributed by atoms with E-state index < -0.39 is 0 Å². The fourth-order valence-corrected chi connectivity index (χ4v) is 4.25. The minimum absolute atomic E-state index is 0.299. The molecule has 2 aromatic carbocycles. The second kappa shape index (κ2) is 8.41. The lowest BCUT2D eigenvalue weighted by molar-refractivity contribution is 0.355. The van der Waals surface area contributed by atoms with E-state index in [0.29, 0.717) is 17.6 Å². The summed E-state index contributed by atoms with van der Waals surface area (Å²) < 4.78 is 2.37. The molecule has 0 fully saturated rings. The summed E-state index contributed by atoms with van der Waals surface area (Å²) in [5.41, 5.74) is 4.64. The number of fused-ring (bicyclic) bond motifs is 1. The van der Waals surface area contributed by atoms with Gasteiger partial charge in [0.25, 0.3) is 0 Å². The van der Waals surface area contributed by atoms with Gasteiger partial charge in [-0.15, -0.1) is 0 Å². The first-order chi connectivity index (χ1) is 13.8. The summed E-state index contributed by atoms with van der Waals surface area (Å²) >= 11 is 0. The molecule has 0 bridgehead atoms. The molecule has 28 heavy (non-hydrogen) atoms. The zero-order valence-corrected chi connectivity index (χ0v) is 16.3. The van der Waals surface area contributed by atoms with Gasteiger partial charge in [-0.05, 0) is 62.4 Å². The number of nitrogens with one attached hydrogen (secondary N) is 1. The van der Waals surface area contributed by atoms with Crippen LogP contribution >= 0.6 is 0 Å². The van der Waals surface area contributed by atoms with Crippen molar-refractivity contribution in [2.75, 3.05) is 6.54 Å². The predicted octanol–water partition coefficient (Wildman–Crippen LogP) is 4.71. The van der Waals surface area contributed by atoms with E-state index in [1.54, 1.807) is 0 Å². The number of hydrogen-bond acceptors (Lipinski definition) is 3. The van der Waals surface area contributed by atoms with Crippen LogP contribution in [0.5, 0.6) is 0 Å². The first-order valence-corrected chi connectivity index (χ1v) is 10.1. The van der Waals surface area contributed by atoms with Gasteiger partial charge in [0.1, 0.15) is 5.82 Å². The second-order valence-corrected chi connectivity index (χ2v) is 7.52. The molecule has 0 amide bonds. The van der Waals surface area contributed by atoms with Crippen LogP contribution in [0.15, 0.2) is 60.8 Å². The SMILES string of the molecule is Cc1ncc2n1[C@@H](c1ccc(C#N)cc1)CC[C@@H]2NCCCc1ccccc1. The monoisotopic (exact) mass is 370 g/mol. The largest absolute Gasteiger partial charge is 0.323 e. The third kappa shape index (κ3) is 3.85. The minimum atomic E-state index is 0.299. The Morgan fingerprint density at radius 3 is 2.64 bits per heavy atom. The lowest BCUT2D eigenvalue weighted by atomic mass is 9.92. The van der Waals surface area contributed by atoms with Crippen molar-refractivity contribution >= 4 is 0 Å². The van der Waals surface area contributed by atoms with Gasteiger partial charge < -0.3 is 9.88 Å². The molecule has 0 saturated heterocycles. The van der Waals surface area contributed by atoms with Gasteiger partial charge in [0, 0.05) is 6.04 Å². The van der Waals surface area contributed by atoms with Crippen molar-refractivity contribution in [1.29, 1.82) is 5.26 Å². The molecule has 2 atom stereocenters. The van der Waals surface area contributed by atoms with Crippen LogP contribution in [0.3, 0.4) is 0 Å². The van der Waals surface area contributed by atoms with Gasteiger partial charge in [-0.25, -0.2) is 4.98 Å². The van der Waals surface area contributed by atoms with Crippen LogP contribution in [0, 0.1) is 18.3 Å². The van der Waals surface area contributed by atoms with Crippen molar-refractivity contribution in [2.24, 2.45) is 0 Å². The van der Waals surface area contributed by atoms with Crippen LogP contribution in [-0.2, 0) is 6.42 Å². The molecule has 4 nitrogen and oxygen atoms in total. The third-order valence-electron chi connectivity index (χ3n) is 5.71. The number of aromatic nitrogens is 2. The number of nitrogens with zero attached hydrogens (tertiary/aromatic N) is 3. The summed E-state index contributed by atoms with van der Waals surface area (Å²) in [5, 5.41) is 12.8. The maximum atomic E-state index is 9.04. The molecular weight excluding hydrogens is 344 g/mol. The smallest absolute Gasteiger partial charge is 0.106 e. The van der Waals surface area contributed by atoms with Crippen molar-refractivity contribution in [3.63, 3.8) is 0 Å². The maximum absolute atomic E-state index is 9.04. The highest BCUT2D eigenvalue weighted by atomic mass is 15.1. The molecular formula is C24H26N4. The number of rotatable bonds is 6. The van der Waals surface area contributed by atoms with E-state index in [0.717, 1.165) is 38.1 Å². The topological polar surface area (TPSA) is 53.6 Å². The van der Waals surface area contributed by atoms with Crippen LogP contribution in [0.2, 0.25) is 0 Å². The van der Waals surface area contributed by atoms with Gasteiger partial charge >= 0.3 is 0 Å².